The molecule has 0 amide bonds. The van der Waals surface area contributed by atoms with E-state index in [1.807, 2.05) is 18.2 Å². The quantitative estimate of drug-likeness (QED) is 0.469. The Morgan fingerprint density at radius 3 is 2.57 bits per heavy atom. The first-order chi connectivity index (χ1) is 14.7. The van der Waals surface area contributed by atoms with E-state index in [2.05, 4.69) is 37.7 Å². The first-order valence-corrected chi connectivity index (χ1v) is 9.75. The maximum Gasteiger partial charge on any atom is 0.223 e. The van der Waals surface area contributed by atoms with Crippen LogP contribution in [0.25, 0.3) is 22.6 Å². The molecule has 0 saturated carbocycles. The summed E-state index contributed by atoms with van der Waals surface area (Å²) in [6, 6.07) is 18.2. The van der Waals surface area contributed by atoms with Gasteiger partial charge in [0.2, 0.25) is 5.95 Å². The molecule has 3 N–H and O–H groups in total. The normalized spacial score (nSPS) is 10.9. The fourth-order valence-electron chi connectivity index (χ4n) is 3.19. The second kappa shape index (κ2) is 9.23. The molecule has 0 radical (unpaired) electrons. The van der Waals surface area contributed by atoms with Crippen LogP contribution in [-0.2, 0) is 13.0 Å². The van der Waals surface area contributed by atoms with Gasteiger partial charge in [-0.05, 0) is 42.3 Å². The molecule has 4 aromatic rings. The van der Waals surface area contributed by atoms with Crippen molar-refractivity contribution in [2.24, 2.45) is 5.73 Å². The SMILES string of the molecule is NCCn1nnc(-c2ccc(F)cc2)c1-c1ccnc(NCCc2ccccc2)n1. The zero-order valence-electron chi connectivity index (χ0n) is 16.4. The van der Waals surface area contributed by atoms with Crippen LogP contribution in [0.3, 0.4) is 0 Å². The zero-order valence-corrected chi connectivity index (χ0v) is 16.4. The van der Waals surface area contributed by atoms with Gasteiger partial charge in [0, 0.05) is 24.8 Å². The monoisotopic (exact) mass is 403 g/mol. The molecule has 0 fully saturated rings. The van der Waals surface area contributed by atoms with Crippen molar-refractivity contribution in [3.05, 3.63) is 78.2 Å². The van der Waals surface area contributed by atoms with Gasteiger partial charge in [-0.25, -0.2) is 19.0 Å². The third kappa shape index (κ3) is 4.49. The molecule has 0 aliphatic rings. The van der Waals surface area contributed by atoms with E-state index >= 15 is 0 Å². The van der Waals surface area contributed by atoms with E-state index in [0.717, 1.165) is 17.7 Å². The topological polar surface area (TPSA) is 94.5 Å². The molecule has 0 spiro atoms. The third-order valence-corrected chi connectivity index (χ3v) is 4.63. The fourth-order valence-corrected chi connectivity index (χ4v) is 3.19. The Kier molecular flexibility index (Phi) is 6.05. The van der Waals surface area contributed by atoms with E-state index in [-0.39, 0.29) is 5.82 Å². The van der Waals surface area contributed by atoms with Crippen molar-refractivity contribution in [2.45, 2.75) is 13.0 Å². The van der Waals surface area contributed by atoms with Gasteiger partial charge in [0.25, 0.3) is 0 Å². The highest BCUT2D eigenvalue weighted by Crippen LogP contribution is 2.29. The Morgan fingerprint density at radius 2 is 1.80 bits per heavy atom. The highest BCUT2D eigenvalue weighted by Gasteiger charge is 2.18. The molecule has 0 saturated heterocycles. The molecule has 8 heteroatoms. The smallest absolute Gasteiger partial charge is 0.223 e. The Bertz CT molecular complexity index is 1090. The number of hydrogen-bond donors (Lipinski definition) is 2. The lowest BCUT2D eigenvalue weighted by atomic mass is 10.1. The van der Waals surface area contributed by atoms with Crippen LogP contribution < -0.4 is 11.1 Å². The molecule has 2 aromatic carbocycles. The van der Waals surface area contributed by atoms with Gasteiger partial charge in [0.05, 0.1) is 12.2 Å². The number of benzene rings is 2. The number of nitrogens with two attached hydrogens (primary N) is 1. The van der Waals surface area contributed by atoms with Crippen molar-refractivity contribution in [3.8, 4) is 22.6 Å². The van der Waals surface area contributed by atoms with Crippen LogP contribution >= 0.6 is 0 Å². The number of nitrogens with zero attached hydrogens (tertiary/aromatic N) is 5. The Morgan fingerprint density at radius 1 is 1.00 bits per heavy atom. The number of rotatable bonds is 8. The number of hydrogen-bond acceptors (Lipinski definition) is 6. The predicted molar refractivity (Wildman–Crippen MR) is 114 cm³/mol. The standard InChI is InChI=1S/C22H22FN7/c23-18-8-6-17(7-9-18)20-21(30(15-12-24)29-28-20)19-11-14-26-22(27-19)25-13-10-16-4-2-1-3-5-16/h1-9,11,14H,10,12-13,15,24H2,(H,25,26,27). The first kappa shape index (κ1) is 19.7. The van der Waals surface area contributed by atoms with Gasteiger partial charge in [-0.15, -0.1) is 5.10 Å². The highest BCUT2D eigenvalue weighted by atomic mass is 19.1. The minimum atomic E-state index is -0.304. The Balaban J connectivity index is 1.60. The summed E-state index contributed by atoms with van der Waals surface area (Å²) in [5.41, 5.74) is 9.76. The first-order valence-electron chi connectivity index (χ1n) is 9.75. The summed E-state index contributed by atoms with van der Waals surface area (Å²) in [7, 11) is 0. The van der Waals surface area contributed by atoms with Gasteiger partial charge in [0.1, 0.15) is 17.2 Å². The minimum absolute atomic E-state index is 0.304. The van der Waals surface area contributed by atoms with Crippen LogP contribution in [0.15, 0.2) is 66.9 Å². The predicted octanol–water partition coefficient (Wildman–Crippen LogP) is 3.15. The van der Waals surface area contributed by atoms with Crippen molar-refractivity contribution < 1.29 is 4.39 Å². The van der Waals surface area contributed by atoms with Crippen LogP contribution in [0, 0.1) is 5.82 Å². The van der Waals surface area contributed by atoms with Crippen molar-refractivity contribution in [1.29, 1.82) is 0 Å². The summed E-state index contributed by atoms with van der Waals surface area (Å²) in [6.45, 7) is 1.61. The van der Waals surface area contributed by atoms with Crippen molar-refractivity contribution in [1.82, 2.24) is 25.0 Å². The molecule has 2 heterocycles. The molecule has 2 aromatic heterocycles. The number of nitrogens with one attached hydrogen (secondary N) is 1. The lowest BCUT2D eigenvalue weighted by Crippen LogP contribution is -2.13. The summed E-state index contributed by atoms with van der Waals surface area (Å²) < 4.78 is 15.1. The zero-order chi connectivity index (χ0) is 20.8. The van der Waals surface area contributed by atoms with Gasteiger partial charge in [-0.1, -0.05) is 35.5 Å². The summed E-state index contributed by atoms with van der Waals surface area (Å²) >= 11 is 0. The number of anilines is 1. The van der Waals surface area contributed by atoms with E-state index in [0.29, 0.717) is 37.0 Å². The van der Waals surface area contributed by atoms with Gasteiger partial charge in [-0.3, -0.25) is 0 Å². The van der Waals surface area contributed by atoms with E-state index in [4.69, 9.17) is 5.73 Å². The lowest BCUT2D eigenvalue weighted by Gasteiger charge is -2.09. The van der Waals surface area contributed by atoms with Crippen LogP contribution in [-0.4, -0.2) is 38.1 Å². The van der Waals surface area contributed by atoms with Gasteiger partial charge >= 0.3 is 0 Å². The second-order valence-corrected chi connectivity index (χ2v) is 6.73. The van der Waals surface area contributed by atoms with E-state index in [1.165, 1.54) is 17.7 Å². The summed E-state index contributed by atoms with van der Waals surface area (Å²) in [5, 5.41) is 11.8. The molecule has 0 aliphatic heterocycles. The maximum absolute atomic E-state index is 13.4. The average Bonchev–Trinajstić information content (AvgIpc) is 3.19. The molecular formula is C22H22FN7. The van der Waals surface area contributed by atoms with E-state index in [1.54, 1.807) is 29.1 Å². The molecule has 30 heavy (non-hydrogen) atoms. The van der Waals surface area contributed by atoms with Crippen LogP contribution in [0.5, 0.6) is 0 Å². The molecule has 0 atom stereocenters. The van der Waals surface area contributed by atoms with Crippen molar-refractivity contribution in [3.63, 3.8) is 0 Å². The minimum Gasteiger partial charge on any atom is -0.354 e. The Labute approximate surface area is 173 Å². The van der Waals surface area contributed by atoms with E-state index < -0.39 is 0 Å². The molecule has 7 nitrogen and oxygen atoms in total. The van der Waals surface area contributed by atoms with Crippen molar-refractivity contribution >= 4 is 5.95 Å². The Hall–Kier alpha value is -3.65. The fraction of sp³-hybridized carbons (Fsp3) is 0.182. The number of aromatic nitrogens is 5. The average molecular weight is 403 g/mol. The largest absolute Gasteiger partial charge is 0.354 e. The number of halogens is 1. The van der Waals surface area contributed by atoms with Gasteiger partial charge in [0.15, 0.2) is 0 Å². The van der Waals surface area contributed by atoms with Gasteiger partial charge in [-0.2, -0.15) is 0 Å². The van der Waals surface area contributed by atoms with Gasteiger partial charge < -0.3 is 11.1 Å². The molecule has 0 aliphatic carbocycles. The van der Waals surface area contributed by atoms with Crippen LogP contribution in [0.4, 0.5) is 10.3 Å². The van der Waals surface area contributed by atoms with Crippen molar-refractivity contribution in [2.75, 3.05) is 18.4 Å². The molecular weight excluding hydrogens is 381 g/mol. The summed E-state index contributed by atoms with van der Waals surface area (Å²) in [6.07, 6.45) is 2.56. The van der Waals surface area contributed by atoms with Crippen LogP contribution in [0.2, 0.25) is 0 Å². The highest BCUT2D eigenvalue weighted by molar-refractivity contribution is 5.76. The second-order valence-electron chi connectivity index (χ2n) is 6.73. The molecule has 0 bridgehead atoms. The van der Waals surface area contributed by atoms with Crippen LogP contribution in [0.1, 0.15) is 5.56 Å². The summed E-state index contributed by atoms with van der Waals surface area (Å²) in [4.78, 5) is 8.98. The molecule has 0 unspecified atom stereocenters. The summed E-state index contributed by atoms with van der Waals surface area (Å²) in [5.74, 6) is 0.218. The molecule has 152 valence electrons. The van der Waals surface area contributed by atoms with E-state index in [9.17, 15) is 4.39 Å². The lowest BCUT2D eigenvalue weighted by molar-refractivity contribution is 0.603. The molecule has 4 rings (SSSR count). The third-order valence-electron chi connectivity index (χ3n) is 4.63. The maximum atomic E-state index is 13.4.